The van der Waals surface area contributed by atoms with Gasteiger partial charge in [-0.25, -0.2) is 0 Å². The summed E-state index contributed by atoms with van der Waals surface area (Å²) in [7, 11) is 0. The second-order valence-corrected chi connectivity index (χ2v) is 4.26. The maximum atomic E-state index is 3.85. The Morgan fingerprint density at radius 3 is 2.67 bits per heavy atom. The SMILES string of the molecule is C=CN1CCCC(c2ccccc2)CC1. The van der Waals surface area contributed by atoms with Gasteiger partial charge in [0.15, 0.2) is 0 Å². The summed E-state index contributed by atoms with van der Waals surface area (Å²) in [6.07, 6.45) is 5.84. The van der Waals surface area contributed by atoms with E-state index in [4.69, 9.17) is 0 Å². The first-order valence-electron chi connectivity index (χ1n) is 5.81. The summed E-state index contributed by atoms with van der Waals surface area (Å²) in [5.74, 6) is 0.746. The molecule has 1 heterocycles. The third-order valence-electron chi connectivity index (χ3n) is 3.29. The molecule has 0 amide bonds. The third kappa shape index (κ3) is 2.62. The van der Waals surface area contributed by atoms with Crippen molar-refractivity contribution in [2.24, 2.45) is 0 Å². The van der Waals surface area contributed by atoms with Crippen LogP contribution in [-0.2, 0) is 0 Å². The van der Waals surface area contributed by atoms with Crippen molar-refractivity contribution < 1.29 is 0 Å². The first-order chi connectivity index (χ1) is 7.40. The zero-order chi connectivity index (χ0) is 10.5. The minimum atomic E-state index is 0.746. The molecule has 0 saturated carbocycles. The molecule has 0 N–H and O–H groups in total. The molecule has 1 aromatic rings. The van der Waals surface area contributed by atoms with Crippen molar-refractivity contribution >= 4 is 0 Å². The molecule has 0 aromatic heterocycles. The molecule has 0 radical (unpaired) electrons. The molecule has 80 valence electrons. The minimum absolute atomic E-state index is 0.746. The van der Waals surface area contributed by atoms with E-state index in [1.165, 1.54) is 31.4 Å². The van der Waals surface area contributed by atoms with Crippen LogP contribution in [0.4, 0.5) is 0 Å². The van der Waals surface area contributed by atoms with Crippen LogP contribution in [0.15, 0.2) is 43.1 Å². The first kappa shape index (κ1) is 10.3. The predicted molar refractivity (Wildman–Crippen MR) is 64.8 cm³/mol. The number of nitrogens with zero attached hydrogens (tertiary/aromatic N) is 1. The van der Waals surface area contributed by atoms with E-state index < -0.39 is 0 Å². The molecule has 1 heteroatoms. The zero-order valence-corrected chi connectivity index (χ0v) is 9.23. The lowest BCUT2D eigenvalue weighted by atomic mass is 9.92. The summed E-state index contributed by atoms with van der Waals surface area (Å²) in [4.78, 5) is 2.34. The Morgan fingerprint density at radius 1 is 1.13 bits per heavy atom. The molecule has 1 aliphatic heterocycles. The molecule has 1 aliphatic rings. The van der Waals surface area contributed by atoms with Gasteiger partial charge in [-0.2, -0.15) is 0 Å². The van der Waals surface area contributed by atoms with Gasteiger partial charge < -0.3 is 4.90 Å². The van der Waals surface area contributed by atoms with Gasteiger partial charge in [0, 0.05) is 13.1 Å². The van der Waals surface area contributed by atoms with Crippen LogP contribution in [0.1, 0.15) is 30.7 Å². The number of likely N-dealkylation sites (tertiary alicyclic amines) is 1. The van der Waals surface area contributed by atoms with Crippen molar-refractivity contribution in [3.8, 4) is 0 Å². The second-order valence-electron chi connectivity index (χ2n) is 4.26. The van der Waals surface area contributed by atoms with Crippen LogP contribution in [0.5, 0.6) is 0 Å². The monoisotopic (exact) mass is 201 g/mol. The van der Waals surface area contributed by atoms with Crippen LogP contribution in [0.2, 0.25) is 0 Å². The highest BCUT2D eigenvalue weighted by Gasteiger charge is 2.15. The molecule has 2 rings (SSSR count). The Balaban J connectivity index is 2.02. The quantitative estimate of drug-likeness (QED) is 0.709. The first-order valence-corrected chi connectivity index (χ1v) is 5.81. The molecule has 1 unspecified atom stereocenters. The van der Waals surface area contributed by atoms with Crippen LogP contribution in [0, 0.1) is 0 Å². The highest BCUT2D eigenvalue weighted by atomic mass is 15.1. The van der Waals surface area contributed by atoms with Gasteiger partial charge in [0.05, 0.1) is 0 Å². The standard InChI is InChI=1S/C14H19N/c1-2-15-11-6-9-14(10-12-15)13-7-4-3-5-8-13/h2-5,7-8,14H,1,6,9-12H2. The molecule has 0 spiro atoms. The van der Waals surface area contributed by atoms with Gasteiger partial charge >= 0.3 is 0 Å². The summed E-state index contributed by atoms with van der Waals surface area (Å²) in [6, 6.07) is 10.9. The van der Waals surface area contributed by atoms with E-state index in [0.29, 0.717) is 0 Å². The van der Waals surface area contributed by atoms with E-state index in [1.807, 2.05) is 6.20 Å². The molecule has 1 fully saturated rings. The molecule has 0 bridgehead atoms. The lowest BCUT2D eigenvalue weighted by molar-refractivity contribution is 0.390. The largest absolute Gasteiger partial charge is 0.378 e. The minimum Gasteiger partial charge on any atom is -0.378 e. The predicted octanol–water partition coefficient (Wildman–Crippen LogP) is 3.40. The van der Waals surface area contributed by atoms with Crippen molar-refractivity contribution in [2.75, 3.05) is 13.1 Å². The van der Waals surface area contributed by atoms with Gasteiger partial charge in [0.1, 0.15) is 0 Å². The Labute approximate surface area is 92.4 Å². The van der Waals surface area contributed by atoms with E-state index in [-0.39, 0.29) is 0 Å². The molecule has 15 heavy (non-hydrogen) atoms. The van der Waals surface area contributed by atoms with Crippen LogP contribution >= 0.6 is 0 Å². The van der Waals surface area contributed by atoms with E-state index in [1.54, 1.807) is 0 Å². The van der Waals surface area contributed by atoms with Gasteiger partial charge in [-0.1, -0.05) is 36.9 Å². The van der Waals surface area contributed by atoms with Crippen molar-refractivity contribution in [1.82, 2.24) is 4.90 Å². The summed E-state index contributed by atoms with van der Waals surface area (Å²) in [5.41, 5.74) is 1.50. The topological polar surface area (TPSA) is 3.24 Å². The average Bonchev–Trinajstić information content (AvgIpc) is 2.55. The molecular weight excluding hydrogens is 182 g/mol. The Kier molecular flexibility index (Phi) is 3.44. The fourth-order valence-corrected chi connectivity index (χ4v) is 2.36. The normalized spacial score (nSPS) is 22.1. The summed E-state index contributed by atoms with van der Waals surface area (Å²) in [6.45, 7) is 6.18. The third-order valence-corrected chi connectivity index (χ3v) is 3.29. The average molecular weight is 201 g/mol. The van der Waals surface area contributed by atoms with E-state index >= 15 is 0 Å². The molecular formula is C14H19N. The number of hydrogen-bond donors (Lipinski definition) is 0. The van der Waals surface area contributed by atoms with Crippen LogP contribution in [0.3, 0.4) is 0 Å². The summed E-state index contributed by atoms with van der Waals surface area (Å²) >= 11 is 0. The highest BCUT2D eigenvalue weighted by molar-refractivity contribution is 5.19. The summed E-state index contributed by atoms with van der Waals surface area (Å²) in [5, 5.41) is 0. The smallest absolute Gasteiger partial charge is 0.0178 e. The fourth-order valence-electron chi connectivity index (χ4n) is 2.36. The van der Waals surface area contributed by atoms with Gasteiger partial charge in [0.2, 0.25) is 0 Å². The highest BCUT2D eigenvalue weighted by Crippen LogP contribution is 2.27. The van der Waals surface area contributed by atoms with Crippen LogP contribution in [0.25, 0.3) is 0 Å². The lowest BCUT2D eigenvalue weighted by Crippen LogP contribution is -2.17. The zero-order valence-electron chi connectivity index (χ0n) is 9.23. The van der Waals surface area contributed by atoms with Crippen molar-refractivity contribution in [3.05, 3.63) is 48.7 Å². The maximum Gasteiger partial charge on any atom is 0.0178 e. The molecule has 1 nitrogen and oxygen atoms in total. The number of benzene rings is 1. The fraction of sp³-hybridized carbons (Fsp3) is 0.429. The summed E-state index contributed by atoms with van der Waals surface area (Å²) < 4.78 is 0. The molecule has 0 aliphatic carbocycles. The molecule has 1 saturated heterocycles. The van der Waals surface area contributed by atoms with Crippen LogP contribution < -0.4 is 0 Å². The Bertz CT molecular complexity index is 304. The number of hydrogen-bond acceptors (Lipinski definition) is 1. The Hall–Kier alpha value is -1.24. The second kappa shape index (κ2) is 5.01. The van der Waals surface area contributed by atoms with E-state index in [9.17, 15) is 0 Å². The van der Waals surface area contributed by atoms with Gasteiger partial charge in [-0.05, 0) is 36.9 Å². The molecule has 1 aromatic carbocycles. The van der Waals surface area contributed by atoms with E-state index in [0.717, 1.165) is 12.5 Å². The van der Waals surface area contributed by atoms with Gasteiger partial charge in [-0.3, -0.25) is 0 Å². The molecule has 1 atom stereocenters. The van der Waals surface area contributed by atoms with Gasteiger partial charge in [0.25, 0.3) is 0 Å². The Morgan fingerprint density at radius 2 is 1.93 bits per heavy atom. The van der Waals surface area contributed by atoms with Crippen molar-refractivity contribution in [1.29, 1.82) is 0 Å². The maximum absolute atomic E-state index is 3.85. The lowest BCUT2D eigenvalue weighted by Gasteiger charge is -2.17. The van der Waals surface area contributed by atoms with Gasteiger partial charge in [-0.15, -0.1) is 0 Å². The van der Waals surface area contributed by atoms with Crippen molar-refractivity contribution in [2.45, 2.75) is 25.2 Å². The van der Waals surface area contributed by atoms with Crippen molar-refractivity contribution in [3.63, 3.8) is 0 Å². The number of rotatable bonds is 2. The van der Waals surface area contributed by atoms with E-state index in [2.05, 4.69) is 41.8 Å². The van der Waals surface area contributed by atoms with Crippen LogP contribution in [-0.4, -0.2) is 18.0 Å².